The predicted octanol–water partition coefficient (Wildman–Crippen LogP) is 3.32. The topological polar surface area (TPSA) is 79.7 Å². The van der Waals surface area contributed by atoms with Gasteiger partial charge in [-0.05, 0) is 37.3 Å². The lowest BCUT2D eigenvalue weighted by Crippen LogP contribution is -2.22. The summed E-state index contributed by atoms with van der Waals surface area (Å²) in [6, 6.07) is 6.08. The maximum Gasteiger partial charge on any atom is 0.417 e. The number of carboxylic acid groups (broad SMARTS) is 1. The van der Waals surface area contributed by atoms with Gasteiger partial charge in [-0.1, -0.05) is 0 Å². The van der Waals surface area contributed by atoms with E-state index >= 15 is 0 Å². The van der Waals surface area contributed by atoms with Crippen molar-refractivity contribution >= 4 is 5.97 Å². The molecule has 1 aromatic carbocycles. The fraction of sp³-hybridized carbons (Fsp3) is 0.200. The van der Waals surface area contributed by atoms with Crippen molar-refractivity contribution in [2.24, 2.45) is 0 Å². The average Bonchev–Trinajstić information content (AvgIpc) is 2.48. The number of aliphatic carboxylic acids is 1. The third-order valence-electron chi connectivity index (χ3n) is 3.00. The first kappa shape index (κ1) is 16.6. The lowest BCUT2D eigenvalue weighted by atomic mass is 10.1. The van der Waals surface area contributed by atoms with E-state index in [1.807, 2.05) is 0 Å². The number of aromatic hydroxyl groups is 1. The van der Waals surface area contributed by atoms with E-state index in [1.165, 1.54) is 31.2 Å². The van der Waals surface area contributed by atoms with Gasteiger partial charge in [-0.2, -0.15) is 13.2 Å². The van der Waals surface area contributed by atoms with Crippen LogP contribution in [0.1, 0.15) is 12.5 Å². The molecule has 0 radical (unpaired) electrons. The minimum atomic E-state index is -4.47. The number of benzene rings is 1. The highest BCUT2D eigenvalue weighted by molar-refractivity contribution is 5.72. The summed E-state index contributed by atoms with van der Waals surface area (Å²) in [5.41, 5.74) is -0.279. The van der Waals surface area contributed by atoms with Crippen LogP contribution in [0.25, 0.3) is 11.3 Å². The van der Waals surface area contributed by atoms with E-state index < -0.39 is 23.8 Å². The van der Waals surface area contributed by atoms with Gasteiger partial charge in [-0.3, -0.25) is 4.98 Å². The van der Waals surface area contributed by atoms with Gasteiger partial charge < -0.3 is 14.9 Å². The molecule has 1 unspecified atom stereocenters. The largest absolute Gasteiger partial charge is 0.504 e. The van der Waals surface area contributed by atoms with E-state index in [4.69, 9.17) is 9.84 Å². The molecule has 5 nitrogen and oxygen atoms in total. The molecule has 2 N–H and O–H groups in total. The Morgan fingerprint density at radius 3 is 2.43 bits per heavy atom. The van der Waals surface area contributed by atoms with Gasteiger partial charge in [0.2, 0.25) is 0 Å². The van der Waals surface area contributed by atoms with Crippen molar-refractivity contribution in [2.75, 3.05) is 0 Å². The molecule has 0 spiro atoms. The molecule has 1 atom stereocenters. The normalized spacial score (nSPS) is 12.7. The first-order chi connectivity index (χ1) is 10.7. The Balaban J connectivity index is 2.25. The molecule has 1 heterocycles. The molecule has 23 heavy (non-hydrogen) atoms. The SMILES string of the molecule is CC(Oc1ccc(-c2ccc(C(F)(F)F)cn2)cc1O)C(=O)O. The van der Waals surface area contributed by atoms with Gasteiger partial charge in [-0.15, -0.1) is 0 Å². The number of halogens is 3. The molecule has 0 aliphatic carbocycles. The monoisotopic (exact) mass is 327 g/mol. The first-order valence-corrected chi connectivity index (χ1v) is 6.44. The molecule has 8 heteroatoms. The second-order valence-electron chi connectivity index (χ2n) is 4.71. The van der Waals surface area contributed by atoms with Crippen molar-refractivity contribution in [1.82, 2.24) is 4.98 Å². The summed E-state index contributed by atoms with van der Waals surface area (Å²) in [4.78, 5) is 14.4. The Hall–Kier alpha value is -2.77. The number of hydrogen-bond acceptors (Lipinski definition) is 4. The van der Waals surface area contributed by atoms with Gasteiger partial charge in [0.15, 0.2) is 17.6 Å². The molecule has 0 amide bonds. The van der Waals surface area contributed by atoms with Gasteiger partial charge in [-0.25, -0.2) is 4.79 Å². The van der Waals surface area contributed by atoms with Crippen LogP contribution < -0.4 is 4.74 Å². The number of rotatable bonds is 4. The van der Waals surface area contributed by atoms with Gasteiger partial charge in [0.05, 0.1) is 11.3 Å². The smallest absolute Gasteiger partial charge is 0.417 e. The summed E-state index contributed by atoms with van der Waals surface area (Å²) >= 11 is 0. The zero-order valence-electron chi connectivity index (χ0n) is 11.8. The Morgan fingerprint density at radius 2 is 1.96 bits per heavy atom. The van der Waals surface area contributed by atoms with Crippen LogP contribution in [0.4, 0.5) is 13.2 Å². The molecular formula is C15H12F3NO4. The Bertz CT molecular complexity index is 714. The van der Waals surface area contributed by atoms with E-state index in [2.05, 4.69) is 4.98 Å². The van der Waals surface area contributed by atoms with Crippen LogP contribution >= 0.6 is 0 Å². The number of carboxylic acids is 1. The number of nitrogens with zero attached hydrogens (tertiary/aromatic N) is 1. The Morgan fingerprint density at radius 1 is 1.26 bits per heavy atom. The van der Waals surface area contributed by atoms with E-state index in [1.54, 1.807) is 0 Å². The lowest BCUT2D eigenvalue weighted by molar-refractivity contribution is -0.144. The fourth-order valence-electron chi connectivity index (χ4n) is 1.75. The third-order valence-corrected chi connectivity index (χ3v) is 3.00. The zero-order valence-corrected chi connectivity index (χ0v) is 11.8. The molecule has 2 rings (SSSR count). The summed E-state index contributed by atoms with van der Waals surface area (Å²) in [6.07, 6.45) is -4.93. The molecule has 0 aliphatic rings. The Labute approximate surface area is 129 Å². The fourth-order valence-corrected chi connectivity index (χ4v) is 1.75. The summed E-state index contributed by atoms with van der Waals surface area (Å²) in [5.74, 6) is -1.58. The van der Waals surface area contributed by atoms with E-state index in [-0.39, 0.29) is 17.2 Å². The van der Waals surface area contributed by atoms with E-state index in [9.17, 15) is 23.1 Å². The van der Waals surface area contributed by atoms with Crippen LogP contribution in [-0.2, 0) is 11.0 Å². The van der Waals surface area contributed by atoms with Crippen molar-refractivity contribution in [1.29, 1.82) is 0 Å². The second kappa shape index (κ2) is 6.15. The maximum atomic E-state index is 12.5. The second-order valence-corrected chi connectivity index (χ2v) is 4.71. The zero-order chi connectivity index (χ0) is 17.2. The number of phenols is 1. The van der Waals surface area contributed by atoms with Crippen LogP contribution in [0.2, 0.25) is 0 Å². The lowest BCUT2D eigenvalue weighted by Gasteiger charge is -2.12. The van der Waals surface area contributed by atoms with Crippen molar-refractivity contribution in [3.63, 3.8) is 0 Å². The highest BCUT2D eigenvalue weighted by atomic mass is 19.4. The highest BCUT2D eigenvalue weighted by Gasteiger charge is 2.30. The highest BCUT2D eigenvalue weighted by Crippen LogP contribution is 2.33. The van der Waals surface area contributed by atoms with Gasteiger partial charge in [0, 0.05) is 11.8 Å². The average molecular weight is 327 g/mol. The third kappa shape index (κ3) is 3.91. The number of ether oxygens (including phenoxy) is 1. The number of aromatic nitrogens is 1. The van der Waals surface area contributed by atoms with E-state index in [0.717, 1.165) is 6.07 Å². The standard InChI is InChI=1S/C15H12F3NO4/c1-8(14(21)22)23-13-5-2-9(6-12(13)20)11-4-3-10(7-19-11)15(16,17)18/h2-8,20H,1H3,(H,21,22). The summed E-state index contributed by atoms with van der Waals surface area (Å²) in [7, 11) is 0. The maximum absolute atomic E-state index is 12.5. The number of phenolic OH excluding ortho intramolecular Hbond substituents is 1. The van der Waals surface area contributed by atoms with Crippen LogP contribution in [-0.4, -0.2) is 27.3 Å². The van der Waals surface area contributed by atoms with Crippen LogP contribution in [0.15, 0.2) is 36.5 Å². The van der Waals surface area contributed by atoms with Crippen LogP contribution in [0.3, 0.4) is 0 Å². The van der Waals surface area contributed by atoms with Gasteiger partial charge in [0.1, 0.15) is 0 Å². The number of carbonyl (C=O) groups is 1. The van der Waals surface area contributed by atoms with E-state index in [0.29, 0.717) is 11.8 Å². The molecule has 0 saturated heterocycles. The molecule has 0 aliphatic heterocycles. The minimum Gasteiger partial charge on any atom is -0.504 e. The van der Waals surface area contributed by atoms with Gasteiger partial charge >= 0.3 is 12.1 Å². The van der Waals surface area contributed by atoms with Crippen molar-refractivity contribution < 1.29 is 32.9 Å². The van der Waals surface area contributed by atoms with Crippen molar-refractivity contribution in [3.8, 4) is 22.8 Å². The van der Waals surface area contributed by atoms with Crippen LogP contribution in [0, 0.1) is 0 Å². The molecule has 1 aromatic heterocycles. The Kier molecular flexibility index (Phi) is 4.44. The minimum absolute atomic E-state index is 0.0458. The quantitative estimate of drug-likeness (QED) is 0.900. The first-order valence-electron chi connectivity index (χ1n) is 6.44. The molecule has 122 valence electrons. The molecule has 2 aromatic rings. The van der Waals surface area contributed by atoms with Crippen LogP contribution in [0.5, 0.6) is 11.5 Å². The molecule has 0 saturated carbocycles. The van der Waals surface area contributed by atoms with Crippen molar-refractivity contribution in [3.05, 3.63) is 42.1 Å². The summed E-state index contributed by atoms with van der Waals surface area (Å²) in [5, 5.41) is 18.6. The predicted molar refractivity (Wildman–Crippen MR) is 74.1 cm³/mol. The number of alkyl halides is 3. The molecule has 0 fully saturated rings. The molecular weight excluding hydrogens is 315 g/mol. The summed E-state index contributed by atoms with van der Waals surface area (Å²) in [6.45, 7) is 1.30. The van der Waals surface area contributed by atoms with Crippen molar-refractivity contribution in [2.45, 2.75) is 19.2 Å². The summed E-state index contributed by atoms with van der Waals surface area (Å²) < 4.78 is 42.5. The van der Waals surface area contributed by atoms with Gasteiger partial charge in [0.25, 0.3) is 0 Å². The number of pyridine rings is 1. The molecule has 0 bridgehead atoms. The number of hydrogen-bond donors (Lipinski definition) is 2.